The summed E-state index contributed by atoms with van der Waals surface area (Å²) in [5.41, 5.74) is 0.927. The molecule has 2 aliphatic heterocycles. The largest absolute Gasteiger partial charge is 0.449 e. The molecule has 0 aliphatic carbocycles. The third-order valence-electron chi connectivity index (χ3n) is 4.84. The van der Waals surface area contributed by atoms with Crippen LogP contribution in [0.3, 0.4) is 0 Å². The van der Waals surface area contributed by atoms with Crippen LogP contribution < -0.4 is 10.2 Å². The smallest absolute Gasteiger partial charge is 0.329 e. The van der Waals surface area contributed by atoms with Crippen molar-refractivity contribution >= 4 is 34.6 Å². The zero-order valence-corrected chi connectivity index (χ0v) is 15.8. The lowest BCUT2D eigenvalue weighted by atomic mass is 9.96. The molecule has 1 N–H and O–H groups in total. The molecule has 6 nitrogen and oxygen atoms in total. The summed E-state index contributed by atoms with van der Waals surface area (Å²) in [6.07, 6.45) is 1.84. The molecular formula is C20H19N3O3S. The summed E-state index contributed by atoms with van der Waals surface area (Å²) >= 11 is 1.34. The van der Waals surface area contributed by atoms with Crippen LogP contribution in [0.1, 0.15) is 24.1 Å². The summed E-state index contributed by atoms with van der Waals surface area (Å²) in [6.45, 7) is 2.06. The molecule has 0 radical (unpaired) electrons. The number of urea groups is 1. The fourth-order valence-electron chi connectivity index (χ4n) is 3.44. The summed E-state index contributed by atoms with van der Waals surface area (Å²) in [4.78, 5) is 31.7. The van der Waals surface area contributed by atoms with E-state index in [1.807, 2.05) is 55.6 Å². The molecule has 2 aromatic rings. The maximum Gasteiger partial charge on any atom is 0.329 e. The number of nitrogens with one attached hydrogen (secondary N) is 1. The minimum atomic E-state index is -1.25. The van der Waals surface area contributed by atoms with E-state index in [-0.39, 0.29) is 12.6 Å². The first-order chi connectivity index (χ1) is 13.1. The zero-order valence-electron chi connectivity index (χ0n) is 15.0. The normalized spacial score (nSPS) is 21.6. The highest BCUT2D eigenvalue weighted by molar-refractivity contribution is 8.12. The number of imide groups is 1. The average Bonchev–Trinajstić information content (AvgIpc) is 3.24. The molecule has 2 atom stereocenters. The Kier molecular flexibility index (Phi) is 4.39. The second kappa shape index (κ2) is 6.74. The number of amides is 3. The van der Waals surface area contributed by atoms with Gasteiger partial charge in [-0.05, 0) is 24.8 Å². The molecule has 0 saturated carbocycles. The van der Waals surface area contributed by atoms with Crippen molar-refractivity contribution in [2.24, 2.45) is 4.99 Å². The summed E-state index contributed by atoms with van der Waals surface area (Å²) < 4.78 is 5.91. The van der Waals surface area contributed by atoms with Crippen LogP contribution in [0.25, 0.3) is 0 Å². The monoisotopic (exact) mass is 381 g/mol. The molecule has 1 spiro atoms. The van der Waals surface area contributed by atoms with E-state index in [4.69, 9.17) is 4.74 Å². The first-order valence-electron chi connectivity index (χ1n) is 8.64. The van der Waals surface area contributed by atoms with Gasteiger partial charge in [-0.15, -0.1) is 0 Å². The van der Waals surface area contributed by atoms with Gasteiger partial charge < -0.3 is 10.1 Å². The number of para-hydroxylation sites is 1. The molecule has 7 heteroatoms. The Balaban J connectivity index is 1.64. The van der Waals surface area contributed by atoms with Gasteiger partial charge in [-0.25, -0.2) is 14.7 Å². The van der Waals surface area contributed by atoms with Crippen molar-refractivity contribution in [3.05, 3.63) is 65.7 Å². The molecule has 0 saturated heterocycles. The van der Waals surface area contributed by atoms with Crippen LogP contribution >= 0.6 is 11.8 Å². The van der Waals surface area contributed by atoms with Crippen LogP contribution in [0, 0.1) is 0 Å². The number of hydrogen-bond acceptors (Lipinski definition) is 5. The van der Waals surface area contributed by atoms with Crippen molar-refractivity contribution in [3.63, 3.8) is 0 Å². The van der Waals surface area contributed by atoms with Crippen molar-refractivity contribution in [1.82, 2.24) is 5.32 Å². The van der Waals surface area contributed by atoms with E-state index in [0.29, 0.717) is 16.5 Å². The van der Waals surface area contributed by atoms with Crippen molar-refractivity contribution < 1.29 is 14.3 Å². The van der Waals surface area contributed by atoms with E-state index in [1.165, 1.54) is 16.7 Å². The lowest BCUT2D eigenvalue weighted by Crippen LogP contribution is -2.49. The van der Waals surface area contributed by atoms with Gasteiger partial charge in [-0.2, -0.15) is 0 Å². The number of fused-ring (bicyclic) bond motifs is 2. The van der Waals surface area contributed by atoms with Crippen LogP contribution in [-0.2, 0) is 15.1 Å². The van der Waals surface area contributed by atoms with Gasteiger partial charge in [0.05, 0.1) is 18.3 Å². The van der Waals surface area contributed by atoms with E-state index >= 15 is 0 Å². The molecule has 138 valence electrons. The lowest BCUT2D eigenvalue weighted by molar-refractivity contribution is -0.131. The van der Waals surface area contributed by atoms with Crippen LogP contribution in [0.4, 0.5) is 10.5 Å². The summed E-state index contributed by atoms with van der Waals surface area (Å²) in [7, 11) is 0. The van der Waals surface area contributed by atoms with Crippen LogP contribution in [-0.4, -0.2) is 30.0 Å². The van der Waals surface area contributed by atoms with Gasteiger partial charge in [0.25, 0.3) is 5.91 Å². The number of anilines is 1. The van der Waals surface area contributed by atoms with E-state index in [9.17, 15) is 9.59 Å². The molecule has 0 unspecified atom stereocenters. The van der Waals surface area contributed by atoms with Gasteiger partial charge in [0.15, 0.2) is 0 Å². The number of benzene rings is 2. The Morgan fingerprint density at radius 2 is 1.93 bits per heavy atom. The van der Waals surface area contributed by atoms with Crippen LogP contribution in [0.15, 0.2) is 59.6 Å². The second-order valence-corrected chi connectivity index (χ2v) is 7.21. The highest BCUT2D eigenvalue weighted by atomic mass is 32.2. The van der Waals surface area contributed by atoms with Crippen molar-refractivity contribution in [1.29, 1.82) is 0 Å². The van der Waals surface area contributed by atoms with Gasteiger partial charge >= 0.3 is 6.03 Å². The number of thioether (sulfide) groups is 1. The Morgan fingerprint density at radius 1 is 1.22 bits per heavy atom. The molecule has 2 aliphatic rings. The fourth-order valence-corrected chi connectivity index (χ4v) is 3.86. The van der Waals surface area contributed by atoms with Gasteiger partial charge in [-0.1, -0.05) is 60.3 Å². The van der Waals surface area contributed by atoms with Crippen LogP contribution in [0.5, 0.6) is 0 Å². The van der Waals surface area contributed by atoms with Gasteiger partial charge in [0.2, 0.25) is 10.8 Å². The first kappa shape index (κ1) is 17.6. The SMILES string of the molecule is CSC1=NC[C@]2(O1)C(=O)N(C(=O)N[C@@H](C)c1ccccc1)c1ccccc12. The molecule has 2 aromatic carbocycles. The number of carbonyl (C=O) groups is 2. The number of nitrogens with zero attached hydrogens (tertiary/aromatic N) is 2. The number of ether oxygens (including phenoxy) is 1. The maximum absolute atomic E-state index is 13.3. The minimum absolute atomic E-state index is 0.178. The maximum atomic E-state index is 13.3. The Bertz CT molecular complexity index is 931. The molecule has 3 amide bonds. The predicted molar refractivity (Wildman–Crippen MR) is 106 cm³/mol. The molecule has 4 rings (SSSR count). The zero-order chi connectivity index (χ0) is 19.0. The van der Waals surface area contributed by atoms with Crippen molar-refractivity contribution in [2.75, 3.05) is 17.7 Å². The fraction of sp³-hybridized carbons (Fsp3) is 0.250. The molecule has 0 bridgehead atoms. The third kappa shape index (κ3) is 2.78. The van der Waals surface area contributed by atoms with Gasteiger partial charge in [-0.3, -0.25) is 4.79 Å². The Hall–Kier alpha value is -2.80. The van der Waals surface area contributed by atoms with Crippen molar-refractivity contribution in [3.8, 4) is 0 Å². The second-order valence-electron chi connectivity index (χ2n) is 6.45. The summed E-state index contributed by atoms with van der Waals surface area (Å²) in [5.74, 6) is -0.408. The van der Waals surface area contributed by atoms with Crippen molar-refractivity contribution in [2.45, 2.75) is 18.6 Å². The topological polar surface area (TPSA) is 71.0 Å². The first-order valence-corrected chi connectivity index (χ1v) is 9.86. The molecule has 2 heterocycles. The van der Waals surface area contributed by atoms with E-state index in [2.05, 4.69) is 10.3 Å². The number of rotatable bonds is 2. The Labute approximate surface area is 161 Å². The van der Waals surface area contributed by atoms with E-state index in [0.717, 1.165) is 5.56 Å². The number of hydrogen-bond donors (Lipinski definition) is 1. The molecular weight excluding hydrogens is 362 g/mol. The Morgan fingerprint density at radius 3 is 2.63 bits per heavy atom. The quantitative estimate of drug-likeness (QED) is 0.865. The van der Waals surface area contributed by atoms with Gasteiger partial charge in [0, 0.05) is 5.56 Å². The lowest BCUT2D eigenvalue weighted by Gasteiger charge is -2.23. The third-order valence-corrected chi connectivity index (χ3v) is 5.40. The number of carbonyl (C=O) groups excluding carboxylic acids is 2. The highest BCUT2D eigenvalue weighted by Crippen LogP contribution is 2.46. The van der Waals surface area contributed by atoms with E-state index in [1.54, 1.807) is 12.1 Å². The number of aliphatic imine (C=N–C) groups is 1. The molecule has 0 fully saturated rings. The summed E-state index contributed by atoms with van der Waals surface area (Å²) in [5, 5.41) is 3.37. The average molecular weight is 381 g/mol. The van der Waals surface area contributed by atoms with Gasteiger partial charge in [0.1, 0.15) is 0 Å². The molecule has 27 heavy (non-hydrogen) atoms. The standard InChI is InChI=1S/C20H19N3O3S/c1-13(14-8-4-3-5-9-14)22-18(25)23-16-11-7-6-10-15(16)20(17(23)24)12-21-19(26-20)27-2/h3-11,13H,12H2,1-2H3,(H,22,25)/t13-,20+/m0/s1. The predicted octanol–water partition coefficient (Wildman–Crippen LogP) is 3.45. The molecule has 0 aromatic heterocycles. The minimum Gasteiger partial charge on any atom is -0.449 e. The van der Waals surface area contributed by atoms with Crippen LogP contribution in [0.2, 0.25) is 0 Å². The highest BCUT2D eigenvalue weighted by Gasteiger charge is 2.57. The van der Waals surface area contributed by atoms with E-state index < -0.39 is 17.5 Å². The summed E-state index contributed by atoms with van der Waals surface area (Å²) in [6, 6.07) is 16.1.